The molecule has 20 heavy (non-hydrogen) atoms. The number of hydrogen-bond acceptors (Lipinski definition) is 2. The lowest BCUT2D eigenvalue weighted by Gasteiger charge is -2.59. The highest BCUT2D eigenvalue weighted by atomic mass is 35.5. The van der Waals surface area contributed by atoms with E-state index in [4.69, 9.17) is 16.3 Å². The van der Waals surface area contributed by atoms with Crippen molar-refractivity contribution in [2.24, 2.45) is 23.7 Å². The Hall–Kier alpha value is -0.730. The Kier molecular flexibility index (Phi) is 2.84. The third-order valence-electron chi connectivity index (χ3n) is 5.98. The average molecular weight is 293 g/mol. The zero-order valence-corrected chi connectivity index (χ0v) is 12.6. The zero-order valence-electron chi connectivity index (χ0n) is 11.8. The molecule has 0 radical (unpaired) electrons. The van der Waals surface area contributed by atoms with Crippen LogP contribution in [0.5, 0.6) is 5.75 Å². The summed E-state index contributed by atoms with van der Waals surface area (Å²) in [5.41, 5.74) is 0.185. The van der Waals surface area contributed by atoms with Gasteiger partial charge in [0, 0.05) is 10.6 Å². The van der Waals surface area contributed by atoms with Crippen LogP contribution in [0, 0.1) is 23.7 Å². The van der Waals surface area contributed by atoms with Gasteiger partial charge in [0.25, 0.3) is 0 Å². The fraction of sp³-hybridized carbons (Fsp3) is 0.647. The molecule has 3 heteroatoms. The monoisotopic (exact) mass is 292 g/mol. The van der Waals surface area contributed by atoms with Gasteiger partial charge < -0.3 is 9.84 Å². The number of benzene rings is 1. The molecular weight excluding hydrogens is 272 g/mol. The Morgan fingerprint density at radius 2 is 1.70 bits per heavy atom. The number of ether oxygens (including phenoxy) is 1. The molecule has 0 amide bonds. The minimum atomic E-state index is -0.732. The first-order valence-corrected chi connectivity index (χ1v) is 8.05. The Morgan fingerprint density at radius 1 is 1.10 bits per heavy atom. The fourth-order valence-electron chi connectivity index (χ4n) is 5.34. The fourth-order valence-corrected chi connectivity index (χ4v) is 5.51. The molecule has 5 rings (SSSR count). The molecule has 4 saturated carbocycles. The highest BCUT2D eigenvalue weighted by Gasteiger charge is 2.58. The van der Waals surface area contributed by atoms with Crippen LogP contribution in [0.1, 0.15) is 37.7 Å². The van der Waals surface area contributed by atoms with Crippen molar-refractivity contribution >= 4 is 11.6 Å². The molecule has 0 spiro atoms. The van der Waals surface area contributed by atoms with Gasteiger partial charge in [0.15, 0.2) is 0 Å². The maximum atomic E-state index is 11.6. The lowest BCUT2D eigenvalue weighted by atomic mass is 9.48. The quantitative estimate of drug-likeness (QED) is 0.893. The van der Waals surface area contributed by atoms with Crippen molar-refractivity contribution in [2.45, 2.75) is 37.7 Å². The van der Waals surface area contributed by atoms with Crippen molar-refractivity contribution in [1.29, 1.82) is 0 Å². The highest BCUT2D eigenvalue weighted by molar-refractivity contribution is 6.30. The normalized spacial score (nSPS) is 42.0. The summed E-state index contributed by atoms with van der Waals surface area (Å²) in [6.45, 7) is 0. The zero-order chi connectivity index (χ0) is 13.9. The van der Waals surface area contributed by atoms with E-state index >= 15 is 0 Å². The van der Waals surface area contributed by atoms with Gasteiger partial charge in [-0.25, -0.2) is 0 Å². The molecular formula is C17H21ClO2. The van der Waals surface area contributed by atoms with Crippen LogP contribution in [0.2, 0.25) is 5.02 Å². The minimum absolute atomic E-state index is 0.381. The maximum absolute atomic E-state index is 11.6. The van der Waals surface area contributed by atoms with Crippen LogP contribution in [0.15, 0.2) is 18.2 Å². The molecule has 1 N–H and O–H groups in total. The Balaban J connectivity index is 1.82. The first-order chi connectivity index (χ1) is 9.61. The van der Waals surface area contributed by atoms with Gasteiger partial charge >= 0.3 is 0 Å². The molecule has 2 nitrogen and oxygen atoms in total. The first kappa shape index (κ1) is 13.0. The second kappa shape index (κ2) is 4.38. The van der Waals surface area contributed by atoms with Crippen molar-refractivity contribution in [3.8, 4) is 5.75 Å². The smallest absolute Gasteiger partial charge is 0.125 e. The van der Waals surface area contributed by atoms with E-state index in [1.165, 1.54) is 32.1 Å². The molecule has 1 aromatic carbocycles. The summed E-state index contributed by atoms with van der Waals surface area (Å²) in [6, 6.07) is 5.65. The van der Waals surface area contributed by atoms with Crippen molar-refractivity contribution in [3.63, 3.8) is 0 Å². The van der Waals surface area contributed by atoms with Crippen LogP contribution < -0.4 is 4.74 Å². The highest BCUT2D eigenvalue weighted by Crippen LogP contribution is 2.62. The molecule has 4 bridgehead atoms. The van der Waals surface area contributed by atoms with Gasteiger partial charge in [-0.1, -0.05) is 11.6 Å². The van der Waals surface area contributed by atoms with Gasteiger partial charge in [0.1, 0.15) is 5.75 Å². The van der Waals surface area contributed by atoms with Gasteiger partial charge in [0.2, 0.25) is 0 Å². The molecule has 4 aliphatic carbocycles. The van der Waals surface area contributed by atoms with Crippen molar-refractivity contribution in [1.82, 2.24) is 0 Å². The van der Waals surface area contributed by atoms with Gasteiger partial charge in [0.05, 0.1) is 12.7 Å². The number of rotatable bonds is 2. The van der Waals surface area contributed by atoms with Crippen LogP contribution in [-0.2, 0) is 5.60 Å². The second-order valence-corrected chi connectivity index (χ2v) is 7.41. The predicted octanol–water partition coefficient (Wildman–Crippen LogP) is 3.99. The average Bonchev–Trinajstić information content (AvgIpc) is 2.43. The van der Waals surface area contributed by atoms with Crippen LogP contribution in [0.3, 0.4) is 0 Å². The van der Waals surface area contributed by atoms with Crippen LogP contribution >= 0.6 is 11.6 Å². The maximum Gasteiger partial charge on any atom is 0.125 e. The van der Waals surface area contributed by atoms with Crippen LogP contribution in [-0.4, -0.2) is 12.2 Å². The Morgan fingerprint density at radius 3 is 2.25 bits per heavy atom. The summed E-state index contributed by atoms with van der Waals surface area (Å²) in [7, 11) is 1.67. The lowest BCUT2D eigenvalue weighted by Crippen LogP contribution is -2.55. The van der Waals surface area contributed by atoms with E-state index in [0.29, 0.717) is 16.9 Å². The van der Waals surface area contributed by atoms with E-state index in [1.807, 2.05) is 18.2 Å². The largest absolute Gasteiger partial charge is 0.496 e. The molecule has 4 fully saturated rings. The summed E-state index contributed by atoms with van der Waals surface area (Å²) in [5.74, 6) is 3.22. The lowest BCUT2D eigenvalue weighted by molar-refractivity contribution is -0.180. The van der Waals surface area contributed by atoms with Crippen molar-refractivity contribution in [3.05, 3.63) is 28.8 Å². The summed E-state index contributed by atoms with van der Waals surface area (Å²) in [5, 5.41) is 12.2. The first-order valence-electron chi connectivity index (χ1n) is 7.67. The molecule has 4 aliphatic rings. The molecule has 0 unspecified atom stereocenters. The third kappa shape index (κ3) is 1.67. The van der Waals surface area contributed by atoms with E-state index < -0.39 is 5.60 Å². The summed E-state index contributed by atoms with van der Waals surface area (Å²) in [6.07, 6.45) is 6.05. The second-order valence-electron chi connectivity index (χ2n) is 6.97. The van der Waals surface area contributed by atoms with E-state index in [-0.39, 0.29) is 0 Å². The topological polar surface area (TPSA) is 29.5 Å². The number of aliphatic hydroxyl groups is 1. The summed E-state index contributed by atoms with van der Waals surface area (Å²) >= 11 is 6.18. The summed E-state index contributed by atoms with van der Waals surface area (Å²) in [4.78, 5) is 0. The van der Waals surface area contributed by atoms with E-state index in [9.17, 15) is 5.11 Å². The molecule has 0 aliphatic heterocycles. The molecule has 1 aromatic rings. The third-order valence-corrected chi connectivity index (χ3v) is 6.21. The SMILES string of the molecule is COc1ccc(Cl)cc1C1(O)C2CC3CC(C2)CC1C3. The van der Waals surface area contributed by atoms with E-state index in [2.05, 4.69) is 0 Å². The standard InChI is InChI=1S/C17H21ClO2/c1-20-16-3-2-14(18)9-15(16)17(19)12-5-10-4-11(7-12)8-13(17)6-10/h2-3,9-13,19H,4-8H2,1H3. The predicted molar refractivity (Wildman–Crippen MR) is 78.9 cm³/mol. The van der Waals surface area contributed by atoms with Gasteiger partial charge in [-0.2, -0.15) is 0 Å². The summed E-state index contributed by atoms with van der Waals surface area (Å²) < 4.78 is 5.50. The van der Waals surface area contributed by atoms with E-state index in [0.717, 1.165) is 23.1 Å². The molecule has 0 heterocycles. The Bertz CT molecular complexity index is 512. The molecule has 0 saturated heterocycles. The molecule has 108 valence electrons. The molecule has 0 aromatic heterocycles. The van der Waals surface area contributed by atoms with Gasteiger partial charge in [-0.3, -0.25) is 0 Å². The van der Waals surface area contributed by atoms with Gasteiger partial charge in [-0.05, 0) is 74.0 Å². The number of hydrogen-bond donors (Lipinski definition) is 1. The molecule has 0 atom stereocenters. The van der Waals surface area contributed by atoms with Crippen molar-refractivity contribution in [2.75, 3.05) is 7.11 Å². The van der Waals surface area contributed by atoms with Gasteiger partial charge in [-0.15, -0.1) is 0 Å². The van der Waals surface area contributed by atoms with Crippen LogP contribution in [0.25, 0.3) is 0 Å². The van der Waals surface area contributed by atoms with E-state index in [1.54, 1.807) is 7.11 Å². The van der Waals surface area contributed by atoms with Crippen molar-refractivity contribution < 1.29 is 9.84 Å². The minimum Gasteiger partial charge on any atom is -0.496 e. The van der Waals surface area contributed by atoms with Crippen LogP contribution in [0.4, 0.5) is 0 Å². The number of halogens is 1. The number of methoxy groups -OCH3 is 1. The Labute approximate surface area is 125 Å².